The Kier molecular flexibility index (Phi) is 6.01. The molecule has 1 aromatic carbocycles. The molecule has 0 heterocycles. The van der Waals surface area contributed by atoms with Crippen LogP contribution in [0.1, 0.15) is 24.4 Å². The molecule has 1 atom stereocenters. The topological polar surface area (TPSA) is 46.2 Å². The van der Waals surface area contributed by atoms with Crippen molar-refractivity contribution in [3.05, 3.63) is 35.9 Å². The maximum atomic E-state index is 12.3. The molecule has 0 aromatic heterocycles. The van der Waals surface area contributed by atoms with Gasteiger partial charge in [0.1, 0.15) is 5.78 Å². The van der Waals surface area contributed by atoms with Crippen molar-refractivity contribution in [3.63, 3.8) is 0 Å². The summed E-state index contributed by atoms with van der Waals surface area (Å²) in [5.74, 6) is -2.51. The number of halogens is 4. The second kappa shape index (κ2) is 7.28. The summed E-state index contributed by atoms with van der Waals surface area (Å²) in [7, 11) is 0. The van der Waals surface area contributed by atoms with E-state index in [-0.39, 0.29) is 24.5 Å². The van der Waals surface area contributed by atoms with Gasteiger partial charge in [0, 0.05) is 6.42 Å². The van der Waals surface area contributed by atoms with Gasteiger partial charge >= 0.3 is 12.1 Å². The SMILES string of the molecule is O=C(CCl)CCC(NC(=O)C(F)(F)F)c1ccccc1. The number of hydrogen-bond donors (Lipinski definition) is 1. The van der Waals surface area contributed by atoms with Crippen LogP contribution >= 0.6 is 11.6 Å². The largest absolute Gasteiger partial charge is 0.471 e. The third-order valence-corrected chi connectivity index (χ3v) is 2.92. The summed E-state index contributed by atoms with van der Waals surface area (Å²) in [6.45, 7) is 0. The lowest BCUT2D eigenvalue weighted by Crippen LogP contribution is -2.39. The zero-order valence-electron chi connectivity index (χ0n) is 10.4. The minimum absolute atomic E-state index is 0.00119. The second-order valence-corrected chi connectivity index (χ2v) is 4.41. The third kappa shape index (κ3) is 5.21. The highest BCUT2D eigenvalue weighted by molar-refractivity contribution is 6.27. The van der Waals surface area contributed by atoms with Crippen LogP contribution in [0.4, 0.5) is 13.2 Å². The van der Waals surface area contributed by atoms with E-state index >= 15 is 0 Å². The molecule has 1 aromatic rings. The summed E-state index contributed by atoms with van der Waals surface area (Å²) < 4.78 is 36.9. The van der Waals surface area contributed by atoms with Crippen molar-refractivity contribution in [2.75, 3.05) is 5.88 Å². The van der Waals surface area contributed by atoms with E-state index in [9.17, 15) is 22.8 Å². The summed E-state index contributed by atoms with van der Waals surface area (Å²) in [5.41, 5.74) is 0.507. The van der Waals surface area contributed by atoms with Crippen molar-refractivity contribution in [2.24, 2.45) is 0 Å². The fourth-order valence-electron chi connectivity index (χ4n) is 1.62. The molecule has 0 saturated heterocycles. The van der Waals surface area contributed by atoms with Crippen molar-refractivity contribution in [1.82, 2.24) is 5.32 Å². The number of benzene rings is 1. The van der Waals surface area contributed by atoms with Gasteiger partial charge in [-0.3, -0.25) is 9.59 Å². The van der Waals surface area contributed by atoms with Gasteiger partial charge in [0.15, 0.2) is 0 Å². The Morgan fingerprint density at radius 2 is 1.80 bits per heavy atom. The van der Waals surface area contributed by atoms with Crippen LogP contribution in [0.5, 0.6) is 0 Å². The third-order valence-electron chi connectivity index (χ3n) is 2.63. The van der Waals surface area contributed by atoms with Crippen LogP contribution < -0.4 is 5.32 Å². The van der Waals surface area contributed by atoms with Crippen LogP contribution in [0.15, 0.2) is 30.3 Å². The molecule has 1 rings (SSSR count). The summed E-state index contributed by atoms with van der Waals surface area (Å²) in [4.78, 5) is 22.2. The van der Waals surface area contributed by atoms with E-state index in [1.807, 2.05) is 5.32 Å². The van der Waals surface area contributed by atoms with Gasteiger partial charge in [-0.15, -0.1) is 11.6 Å². The number of carbonyl (C=O) groups excluding carboxylic acids is 2. The lowest BCUT2D eigenvalue weighted by molar-refractivity contribution is -0.174. The number of alkyl halides is 4. The fraction of sp³-hybridized carbons (Fsp3) is 0.385. The molecule has 1 N–H and O–H groups in total. The Labute approximate surface area is 119 Å². The lowest BCUT2D eigenvalue weighted by Gasteiger charge is -2.19. The first-order valence-electron chi connectivity index (χ1n) is 5.85. The normalized spacial score (nSPS) is 12.8. The Balaban J connectivity index is 2.80. The smallest absolute Gasteiger partial charge is 0.341 e. The van der Waals surface area contributed by atoms with Gasteiger partial charge in [0.25, 0.3) is 0 Å². The molecule has 0 aliphatic carbocycles. The van der Waals surface area contributed by atoms with Crippen LogP contribution in [-0.4, -0.2) is 23.7 Å². The van der Waals surface area contributed by atoms with Crippen molar-refractivity contribution < 1.29 is 22.8 Å². The Hall–Kier alpha value is -1.56. The van der Waals surface area contributed by atoms with Crippen LogP contribution in [0.3, 0.4) is 0 Å². The van der Waals surface area contributed by atoms with E-state index in [0.717, 1.165) is 0 Å². The molecule has 20 heavy (non-hydrogen) atoms. The highest BCUT2D eigenvalue weighted by Gasteiger charge is 2.39. The van der Waals surface area contributed by atoms with Gasteiger partial charge < -0.3 is 5.32 Å². The Morgan fingerprint density at radius 3 is 2.30 bits per heavy atom. The van der Waals surface area contributed by atoms with Crippen LogP contribution in [0.2, 0.25) is 0 Å². The Morgan fingerprint density at radius 1 is 1.20 bits per heavy atom. The quantitative estimate of drug-likeness (QED) is 0.821. The van der Waals surface area contributed by atoms with Crippen molar-refractivity contribution in [1.29, 1.82) is 0 Å². The van der Waals surface area contributed by atoms with Crippen LogP contribution in [0.25, 0.3) is 0 Å². The van der Waals surface area contributed by atoms with Gasteiger partial charge in [0.05, 0.1) is 11.9 Å². The molecule has 0 aliphatic rings. The highest BCUT2D eigenvalue weighted by atomic mass is 35.5. The second-order valence-electron chi connectivity index (χ2n) is 4.15. The number of Topliss-reactive ketones (excluding diaryl/α,β-unsaturated/α-hetero) is 1. The molecular weight excluding hydrogens is 295 g/mol. The monoisotopic (exact) mass is 307 g/mol. The first-order valence-corrected chi connectivity index (χ1v) is 6.38. The predicted molar refractivity (Wildman–Crippen MR) is 68.3 cm³/mol. The number of hydrogen-bond acceptors (Lipinski definition) is 2. The van der Waals surface area contributed by atoms with E-state index in [1.54, 1.807) is 30.3 Å². The van der Waals surface area contributed by atoms with Gasteiger partial charge in [0.2, 0.25) is 0 Å². The first kappa shape index (κ1) is 16.5. The molecule has 1 unspecified atom stereocenters. The molecule has 3 nitrogen and oxygen atoms in total. The summed E-state index contributed by atoms with van der Waals surface area (Å²) in [5, 5.41) is 1.89. The summed E-state index contributed by atoms with van der Waals surface area (Å²) in [6.07, 6.45) is -4.89. The molecule has 0 spiro atoms. The van der Waals surface area contributed by atoms with Crippen molar-refractivity contribution in [2.45, 2.75) is 25.1 Å². The van der Waals surface area contributed by atoms with E-state index in [0.29, 0.717) is 5.56 Å². The maximum absolute atomic E-state index is 12.3. The van der Waals surface area contributed by atoms with E-state index in [2.05, 4.69) is 0 Å². The predicted octanol–water partition coefficient (Wildman–Crippen LogP) is 2.99. The molecule has 1 amide bonds. The summed E-state index contributed by atoms with van der Waals surface area (Å²) >= 11 is 5.34. The number of rotatable bonds is 6. The Bertz CT molecular complexity index is 462. The average molecular weight is 308 g/mol. The van der Waals surface area contributed by atoms with Crippen LogP contribution in [0, 0.1) is 0 Å². The molecule has 0 fully saturated rings. The van der Waals surface area contributed by atoms with E-state index < -0.39 is 18.1 Å². The average Bonchev–Trinajstić information content (AvgIpc) is 2.42. The number of carbonyl (C=O) groups is 2. The highest BCUT2D eigenvalue weighted by Crippen LogP contribution is 2.22. The minimum Gasteiger partial charge on any atom is -0.341 e. The minimum atomic E-state index is -4.95. The molecule has 110 valence electrons. The number of nitrogens with one attached hydrogen (secondary N) is 1. The van der Waals surface area contributed by atoms with Gasteiger partial charge in [-0.1, -0.05) is 30.3 Å². The molecule has 0 aliphatic heterocycles. The van der Waals surface area contributed by atoms with E-state index in [4.69, 9.17) is 11.6 Å². The molecule has 0 bridgehead atoms. The fourth-order valence-corrected chi connectivity index (χ4v) is 1.75. The lowest BCUT2D eigenvalue weighted by atomic mass is 10.0. The van der Waals surface area contributed by atoms with Gasteiger partial charge in [-0.2, -0.15) is 13.2 Å². The van der Waals surface area contributed by atoms with Gasteiger partial charge in [-0.25, -0.2) is 0 Å². The zero-order valence-corrected chi connectivity index (χ0v) is 11.2. The summed E-state index contributed by atoms with van der Waals surface area (Å²) in [6, 6.07) is 7.30. The van der Waals surface area contributed by atoms with Crippen molar-refractivity contribution >= 4 is 23.3 Å². The van der Waals surface area contributed by atoms with Gasteiger partial charge in [-0.05, 0) is 12.0 Å². The maximum Gasteiger partial charge on any atom is 0.471 e. The molecular formula is C13H13ClF3NO2. The molecule has 0 radical (unpaired) electrons. The number of amides is 1. The van der Waals surface area contributed by atoms with E-state index in [1.165, 1.54) is 0 Å². The molecule has 7 heteroatoms. The first-order chi connectivity index (χ1) is 9.34. The van der Waals surface area contributed by atoms with Crippen LogP contribution in [-0.2, 0) is 9.59 Å². The number of ketones is 1. The zero-order chi connectivity index (χ0) is 15.2. The van der Waals surface area contributed by atoms with Crippen molar-refractivity contribution in [3.8, 4) is 0 Å². The molecule has 0 saturated carbocycles. The standard InChI is InChI=1S/C13H13ClF3NO2/c14-8-10(19)6-7-11(9-4-2-1-3-5-9)18-12(20)13(15,16)17/h1-5,11H,6-8H2,(H,18,20).